The highest BCUT2D eigenvalue weighted by atomic mass is 79.9. The minimum Gasteiger partial charge on any atom is -0.454 e. The summed E-state index contributed by atoms with van der Waals surface area (Å²) in [6.45, 7) is 0.633. The molecule has 0 bridgehead atoms. The van der Waals surface area contributed by atoms with E-state index in [0.717, 1.165) is 27.1 Å². The molecule has 2 aliphatic rings. The molecule has 1 saturated heterocycles. The van der Waals surface area contributed by atoms with Crippen LogP contribution in [0.25, 0.3) is 0 Å². The number of rotatable bonds is 5. The van der Waals surface area contributed by atoms with Gasteiger partial charge < -0.3 is 9.47 Å². The van der Waals surface area contributed by atoms with Crippen LogP contribution in [0.4, 0.5) is 0 Å². The highest BCUT2D eigenvalue weighted by Gasteiger charge is 2.38. The van der Waals surface area contributed by atoms with Crippen molar-refractivity contribution in [3.05, 3.63) is 58.1 Å². The van der Waals surface area contributed by atoms with Gasteiger partial charge in [-0.05, 0) is 48.2 Å². The second-order valence-electron chi connectivity index (χ2n) is 6.55. The van der Waals surface area contributed by atoms with Crippen LogP contribution in [0.15, 0.2) is 46.9 Å². The number of benzene rings is 2. The first-order chi connectivity index (χ1) is 12.6. The first-order valence-electron chi connectivity index (χ1n) is 8.57. The second-order valence-corrected chi connectivity index (χ2v) is 7.47. The first-order valence-corrected chi connectivity index (χ1v) is 9.36. The third-order valence-electron chi connectivity index (χ3n) is 4.79. The molecule has 2 heterocycles. The summed E-state index contributed by atoms with van der Waals surface area (Å²) < 4.78 is 11.7. The van der Waals surface area contributed by atoms with E-state index >= 15 is 0 Å². The monoisotopic (exact) mass is 415 g/mol. The summed E-state index contributed by atoms with van der Waals surface area (Å²) >= 11 is 3.40. The molecule has 6 heteroatoms. The molecule has 134 valence electrons. The van der Waals surface area contributed by atoms with Crippen molar-refractivity contribution in [3.63, 3.8) is 0 Å². The van der Waals surface area contributed by atoms with Gasteiger partial charge in [-0.2, -0.15) is 0 Å². The van der Waals surface area contributed by atoms with Crippen molar-refractivity contribution in [2.24, 2.45) is 5.92 Å². The fraction of sp³-hybridized carbons (Fsp3) is 0.300. The lowest BCUT2D eigenvalue weighted by atomic mass is 9.98. The minimum absolute atomic E-state index is 0.0707. The number of halogens is 1. The van der Waals surface area contributed by atoms with E-state index in [1.165, 1.54) is 4.90 Å². The molecule has 1 atom stereocenters. The molecule has 2 amide bonds. The van der Waals surface area contributed by atoms with Crippen molar-refractivity contribution in [1.29, 1.82) is 0 Å². The summed E-state index contributed by atoms with van der Waals surface area (Å²) in [5.41, 5.74) is 2.09. The number of hydrogen-bond donors (Lipinski definition) is 0. The van der Waals surface area contributed by atoms with Crippen molar-refractivity contribution >= 4 is 27.7 Å². The number of amides is 2. The molecule has 0 spiro atoms. The fourth-order valence-electron chi connectivity index (χ4n) is 3.39. The number of carbonyl (C=O) groups excluding carboxylic acids is 2. The van der Waals surface area contributed by atoms with E-state index in [4.69, 9.17) is 9.47 Å². The summed E-state index contributed by atoms with van der Waals surface area (Å²) in [5, 5.41) is 0. The van der Waals surface area contributed by atoms with Gasteiger partial charge in [0, 0.05) is 17.4 Å². The molecular weight excluding hydrogens is 398 g/mol. The van der Waals surface area contributed by atoms with Crippen LogP contribution in [0.5, 0.6) is 11.5 Å². The van der Waals surface area contributed by atoms with Crippen molar-refractivity contribution in [2.75, 3.05) is 13.3 Å². The molecule has 2 aliphatic heterocycles. The molecule has 0 aromatic heterocycles. The Morgan fingerprint density at radius 1 is 1.00 bits per heavy atom. The van der Waals surface area contributed by atoms with Crippen LogP contribution in [0.1, 0.15) is 17.5 Å². The van der Waals surface area contributed by atoms with Crippen LogP contribution in [-0.2, 0) is 22.4 Å². The second kappa shape index (κ2) is 7.11. The molecule has 5 nitrogen and oxygen atoms in total. The number of nitrogens with zero attached hydrogens (tertiary/aromatic N) is 1. The zero-order chi connectivity index (χ0) is 18.1. The zero-order valence-electron chi connectivity index (χ0n) is 14.1. The molecule has 0 aliphatic carbocycles. The third-order valence-corrected chi connectivity index (χ3v) is 5.32. The Labute approximate surface area is 160 Å². The van der Waals surface area contributed by atoms with Crippen molar-refractivity contribution in [1.82, 2.24) is 4.90 Å². The number of fused-ring (bicyclic) bond motifs is 1. The molecule has 2 aromatic carbocycles. The molecule has 1 fully saturated rings. The van der Waals surface area contributed by atoms with Crippen LogP contribution < -0.4 is 9.47 Å². The lowest BCUT2D eigenvalue weighted by Gasteiger charge is -2.15. The summed E-state index contributed by atoms with van der Waals surface area (Å²) in [6.07, 6.45) is 1.49. The summed E-state index contributed by atoms with van der Waals surface area (Å²) in [5.74, 6) is 1.03. The minimum atomic E-state index is -0.263. The van der Waals surface area contributed by atoms with Crippen molar-refractivity contribution in [3.8, 4) is 11.5 Å². The average Bonchev–Trinajstić information content (AvgIpc) is 3.20. The average molecular weight is 416 g/mol. The summed E-state index contributed by atoms with van der Waals surface area (Å²) in [4.78, 5) is 26.3. The number of likely N-dealkylation sites (tertiary alicyclic amines) is 1. The fourth-order valence-corrected chi connectivity index (χ4v) is 3.65. The van der Waals surface area contributed by atoms with Gasteiger partial charge in [-0.3, -0.25) is 14.5 Å². The molecule has 0 radical (unpaired) electrons. The predicted molar refractivity (Wildman–Crippen MR) is 98.9 cm³/mol. The Morgan fingerprint density at radius 2 is 1.73 bits per heavy atom. The smallest absolute Gasteiger partial charge is 0.233 e. The number of imide groups is 1. The first kappa shape index (κ1) is 17.1. The van der Waals surface area contributed by atoms with Gasteiger partial charge in [-0.15, -0.1) is 0 Å². The largest absolute Gasteiger partial charge is 0.454 e. The number of carbonyl (C=O) groups is 2. The Balaban J connectivity index is 1.38. The van der Waals surface area contributed by atoms with Gasteiger partial charge in [-0.1, -0.05) is 34.1 Å². The van der Waals surface area contributed by atoms with Gasteiger partial charge in [0.25, 0.3) is 0 Å². The summed E-state index contributed by atoms with van der Waals surface area (Å²) in [7, 11) is 0. The molecule has 0 saturated carbocycles. The molecular formula is C20H18BrNO4. The van der Waals surface area contributed by atoms with Gasteiger partial charge >= 0.3 is 0 Å². The van der Waals surface area contributed by atoms with Crippen LogP contribution >= 0.6 is 15.9 Å². The molecule has 0 N–H and O–H groups in total. The molecule has 4 rings (SSSR count). The van der Waals surface area contributed by atoms with E-state index in [1.54, 1.807) is 0 Å². The van der Waals surface area contributed by atoms with Crippen molar-refractivity contribution in [2.45, 2.75) is 19.3 Å². The Morgan fingerprint density at radius 3 is 2.54 bits per heavy atom. The molecule has 26 heavy (non-hydrogen) atoms. The van der Waals surface area contributed by atoms with Crippen LogP contribution in [0.2, 0.25) is 0 Å². The number of hydrogen-bond acceptors (Lipinski definition) is 4. The maximum absolute atomic E-state index is 12.6. The summed E-state index contributed by atoms with van der Waals surface area (Å²) in [6, 6.07) is 13.6. The molecule has 1 unspecified atom stereocenters. The van der Waals surface area contributed by atoms with E-state index in [-0.39, 0.29) is 30.9 Å². The van der Waals surface area contributed by atoms with Gasteiger partial charge in [-0.25, -0.2) is 0 Å². The highest BCUT2D eigenvalue weighted by molar-refractivity contribution is 9.10. The van der Waals surface area contributed by atoms with Crippen LogP contribution in [0.3, 0.4) is 0 Å². The van der Waals surface area contributed by atoms with Gasteiger partial charge in [0.1, 0.15) is 0 Å². The maximum atomic E-state index is 12.6. The quantitative estimate of drug-likeness (QED) is 0.702. The van der Waals surface area contributed by atoms with Crippen molar-refractivity contribution < 1.29 is 19.1 Å². The molecule has 2 aromatic rings. The third kappa shape index (κ3) is 3.46. The Hall–Kier alpha value is -2.34. The standard InChI is InChI=1S/C20H18BrNO4/c21-16-4-1-13(2-5-16)9-15-11-19(23)22(20(15)24)8-7-14-3-6-17-18(10-14)26-12-25-17/h1-6,10,15H,7-9,11-12H2. The van der Waals surface area contributed by atoms with Gasteiger partial charge in [0.05, 0.1) is 5.92 Å². The SMILES string of the molecule is O=C1CC(Cc2ccc(Br)cc2)C(=O)N1CCc1ccc2c(c1)OCO2. The van der Waals surface area contributed by atoms with E-state index in [1.807, 2.05) is 42.5 Å². The Bertz CT molecular complexity index is 849. The van der Waals surface area contributed by atoms with Crippen LogP contribution in [-0.4, -0.2) is 30.1 Å². The predicted octanol–water partition coefficient (Wildman–Crippen LogP) is 3.34. The van der Waals surface area contributed by atoms with E-state index in [2.05, 4.69) is 15.9 Å². The maximum Gasteiger partial charge on any atom is 0.233 e. The Kier molecular flexibility index (Phi) is 4.68. The van der Waals surface area contributed by atoms with Crippen LogP contribution in [0, 0.1) is 5.92 Å². The van der Waals surface area contributed by atoms with E-state index < -0.39 is 0 Å². The van der Waals surface area contributed by atoms with Gasteiger partial charge in [0.2, 0.25) is 18.6 Å². The number of ether oxygens (including phenoxy) is 2. The highest BCUT2D eigenvalue weighted by Crippen LogP contribution is 2.33. The lowest BCUT2D eigenvalue weighted by Crippen LogP contribution is -2.33. The van der Waals surface area contributed by atoms with E-state index in [0.29, 0.717) is 19.4 Å². The normalized spacial score (nSPS) is 18.7. The zero-order valence-corrected chi connectivity index (χ0v) is 15.7. The lowest BCUT2D eigenvalue weighted by molar-refractivity contribution is -0.139. The van der Waals surface area contributed by atoms with E-state index in [9.17, 15) is 9.59 Å². The topological polar surface area (TPSA) is 55.8 Å². The van der Waals surface area contributed by atoms with Gasteiger partial charge in [0.15, 0.2) is 11.5 Å².